The van der Waals surface area contributed by atoms with Gasteiger partial charge in [0.15, 0.2) is 0 Å². The smallest absolute Gasteiger partial charge is 0.243 e. The van der Waals surface area contributed by atoms with Crippen molar-refractivity contribution in [3.05, 3.63) is 59.7 Å². The van der Waals surface area contributed by atoms with Gasteiger partial charge in [0.05, 0.1) is 15.7 Å². The molecule has 2 aromatic carbocycles. The van der Waals surface area contributed by atoms with Crippen LogP contribution in [0.25, 0.3) is 0 Å². The van der Waals surface area contributed by atoms with E-state index in [1.165, 1.54) is 16.4 Å². The van der Waals surface area contributed by atoms with Crippen LogP contribution < -0.4 is 10.5 Å². The highest BCUT2D eigenvalue weighted by Crippen LogP contribution is 2.24. The molecule has 0 spiro atoms. The SMILES string of the molecule is Cc1ccc(S(=O)(=O)N2CCC[C@@H](C(=O)NCc3ccc(S(N)(=O)=O)cc3)C2)cc1. The summed E-state index contributed by atoms with van der Waals surface area (Å²) in [5.41, 5.74) is 1.69. The minimum absolute atomic E-state index is 0.00168. The van der Waals surface area contributed by atoms with E-state index in [0.717, 1.165) is 11.1 Å². The summed E-state index contributed by atoms with van der Waals surface area (Å²) in [7, 11) is -7.41. The van der Waals surface area contributed by atoms with Crippen molar-refractivity contribution in [1.29, 1.82) is 0 Å². The Morgan fingerprint density at radius 3 is 2.23 bits per heavy atom. The predicted molar refractivity (Wildman–Crippen MR) is 112 cm³/mol. The molecule has 0 radical (unpaired) electrons. The van der Waals surface area contributed by atoms with Crippen LogP contribution in [0.1, 0.15) is 24.0 Å². The number of aryl methyl sites for hydroxylation is 1. The summed E-state index contributed by atoms with van der Waals surface area (Å²) in [5, 5.41) is 7.88. The number of carbonyl (C=O) groups is 1. The first-order valence-electron chi connectivity index (χ1n) is 9.53. The van der Waals surface area contributed by atoms with Gasteiger partial charge in [0.1, 0.15) is 0 Å². The molecule has 8 nitrogen and oxygen atoms in total. The minimum Gasteiger partial charge on any atom is -0.352 e. The number of benzene rings is 2. The van der Waals surface area contributed by atoms with Crippen LogP contribution in [0.3, 0.4) is 0 Å². The third kappa shape index (κ3) is 5.25. The van der Waals surface area contributed by atoms with E-state index in [1.54, 1.807) is 36.4 Å². The van der Waals surface area contributed by atoms with Crippen LogP contribution in [0.4, 0.5) is 0 Å². The van der Waals surface area contributed by atoms with E-state index in [-0.39, 0.29) is 28.8 Å². The Bertz CT molecular complexity index is 1110. The van der Waals surface area contributed by atoms with Crippen molar-refractivity contribution >= 4 is 26.0 Å². The van der Waals surface area contributed by atoms with Gasteiger partial charge < -0.3 is 5.32 Å². The molecule has 10 heteroatoms. The second-order valence-electron chi connectivity index (χ2n) is 7.42. The van der Waals surface area contributed by atoms with Crippen LogP contribution >= 0.6 is 0 Å². The summed E-state index contributed by atoms with van der Waals surface area (Å²) in [6.07, 6.45) is 1.21. The first kappa shape index (κ1) is 22.4. The van der Waals surface area contributed by atoms with E-state index in [2.05, 4.69) is 5.32 Å². The Morgan fingerprint density at radius 1 is 1.03 bits per heavy atom. The lowest BCUT2D eigenvalue weighted by Gasteiger charge is -2.31. The van der Waals surface area contributed by atoms with Crippen LogP contribution in [-0.2, 0) is 31.4 Å². The zero-order valence-corrected chi connectivity index (χ0v) is 18.2. The molecular formula is C20H25N3O5S2. The van der Waals surface area contributed by atoms with Gasteiger partial charge >= 0.3 is 0 Å². The van der Waals surface area contributed by atoms with Gasteiger partial charge in [-0.1, -0.05) is 29.8 Å². The fourth-order valence-corrected chi connectivity index (χ4v) is 5.40. The number of piperidine rings is 1. The number of sulfonamides is 2. The molecule has 1 atom stereocenters. The molecule has 1 heterocycles. The summed E-state index contributed by atoms with van der Waals surface area (Å²) < 4.78 is 49.8. The fraction of sp³-hybridized carbons (Fsp3) is 0.350. The number of nitrogens with two attached hydrogens (primary N) is 1. The predicted octanol–water partition coefficient (Wildman–Crippen LogP) is 1.36. The van der Waals surface area contributed by atoms with E-state index in [0.29, 0.717) is 19.4 Å². The number of carbonyl (C=O) groups excluding carboxylic acids is 1. The van der Waals surface area contributed by atoms with Gasteiger partial charge in [0.25, 0.3) is 0 Å². The topological polar surface area (TPSA) is 127 Å². The molecule has 0 aromatic heterocycles. The van der Waals surface area contributed by atoms with Crippen molar-refractivity contribution in [3.63, 3.8) is 0 Å². The minimum atomic E-state index is -3.76. The van der Waals surface area contributed by atoms with Gasteiger partial charge in [0, 0.05) is 19.6 Å². The van der Waals surface area contributed by atoms with Gasteiger partial charge in [0.2, 0.25) is 26.0 Å². The second kappa shape index (κ2) is 8.84. The number of nitrogens with one attached hydrogen (secondary N) is 1. The molecule has 1 amide bonds. The average molecular weight is 452 g/mol. The van der Waals surface area contributed by atoms with Crippen molar-refractivity contribution < 1.29 is 21.6 Å². The van der Waals surface area contributed by atoms with Gasteiger partial charge in [-0.2, -0.15) is 4.31 Å². The quantitative estimate of drug-likeness (QED) is 0.686. The first-order chi connectivity index (χ1) is 14.1. The number of primary sulfonamides is 1. The number of hydrogen-bond acceptors (Lipinski definition) is 5. The molecule has 1 saturated heterocycles. The Hall–Kier alpha value is -2.27. The molecule has 1 fully saturated rings. The summed E-state index contributed by atoms with van der Waals surface area (Å²) in [6.45, 7) is 2.62. The Balaban J connectivity index is 1.62. The summed E-state index contributed by atoms with van der Waals surface area (Å²) >= 11 is 0. The second-order valence-corrected chi connectivity index (χ2v) is 10.9. The molecule has 3 N–H and O–H groups in total. The van der Waals surface area contributed by atoms with E-state index in [1.807, 2.05) is 6.92 Å². The normalized spacial score (nSPS) is 18.1. The van der Waals surface area contributed by atoms with Crippen LogP contribution in [0.2, 0.25) is 0 Å². The number of amides is 1. The molecule has 0 unspecified atom stereocenters. The molecule has 2 aromatic rings. The zero-order chi connectivity index (χ0) is 21.9. The Labute approximate surface area is 177 Å². The summed E-state index contributed by atoms with van der Waals surface area (Å²) in [4.78, 5) is 12.8. The highest BCUT2D eigenvalue weighted by atomic mass is 32.2. The van der Waals surface area contributed by atoms with E-state index < -0.39 is 26.0 Å². The maximum Gasteiger partial charge on any atom is 0.243 e. The average Bonchev–Trinajstić information content (AvgIpc) is 2.72. The maximum atomic E-state index is 12.9. The van der Waals surface area contributed by atoms with Gasteiger partial charge in [-0.3, -0.25) is 4.79 Å². The zero-order valence-electron chi connectivity index (χ0n) is 16.6. The molecule has 3 rings (SSSR count). The van der Waals surface area contributed by atoms with Crippen molar-refractivity contribution in [3.8, 4) is 0 Å². The molecule has 0 aliphatic carbocycles. The number of rotatable bonds is 6. The lowest BCUT2D eigenvalue weighted by molar-refractivity contribution is -0.126. The van der Waals surface area contributed by atoms with Crippen molar-refractivity contribution in [2.45, 2.75) is 36.1 Å². The highest BCUT2D eigenvalue weighted by Gasteiger charge is 2.33. The standard InChI is InChI=1S/C20H25N3O5S2/c1-15-4-8-19(9-5-15)30(27,28)23-12-2-3-17(14-23)20(24)22-13-16-6-10-18(11-7-16)29(21,25)26/h4-11,17H,2-3,12-14H2,1H3,(H,22,24)(H2,21,25,26)/t17-/m1/s1. The maximum absolute atomic E-state index is 12.9. The van der Waals surface area contributed by atoms with Crippen LogP contribution in [0.5, 0.6) is 0 Å². The molecule has 1 aliphatic heterocycles. The lowest BCUT2D eigenvalue weighted by Crippen LogP contribution is -2.45. The molecule has 1 aliphatic rings. The third-order valence-electron chi connectivity index (χ3n) is 5.13. The number of nitrogens with zero attached hydrogens (tertiary/aromatic N) is 1. The van der Waals surface area contributed by atoms with Crippen LogP contribution in [0, 0.1) is 12.8 Å². The van der Waals surface area contributed by atoms with Crippen molar-refractivity contribution in [2.75, 3.05) is 13.1 Å². The van der Waals surface area contributed by atoms with Crippen LogP contribution in [-0.4, -0.2) is 40.1 Å². The molecule has 0 bridgehead atoms. The Morgan fingerprint density at radius 2 is 1.63 bits per heavy atom. The number of hydrogen-bond donors (Lipinski definition) is 2. The Kier molecular flexibility index (Phi) is 6.61. The summed E-state index contributed by atoms with van der Waals surface area (Å²) in [6, 6.07) is 12.6. The van der Waals surface area contributed by atoms with Crippen LogP contribution in [0.15, 0.2) is 58.3 Å². The van der Waals surface area contributed by atoms with Crippen molar-refractivity contribution in [2.24, 2.45) is 11.1 Å². The summed E-state index contributed by atoms with van der Waals surface area (Å²) in [5.74, 6) is -0.669. The monoisotopic (exact) mass is 451 g/mol. The molecular weight excluding hydrogens is 426 g/mol. The first-order valence-corrected chi connectivity index (χ1v) is 12.5. The van der Waals surface area contributed by atoms with Gasteiger partial charge in [-0.25, -0.2) is 22.0 Å². The van der Waals surface area contributed by atoms with Gasteiger partial charge in [-0.15, -0.1) is 0 Å². The molecule has 0 saturated carbocycles. The van der Waals surface area contributed by atoms with E-state index in [4.69, 9.17) is 5.14 Å². The molecule has 162 valence electrons. The van der Waals surface area contributed by atoms with E-state index in [9.17, 15) is 21.6 Å². The fourth-order valence-electron chi connectivity index (χ4n) is 3.36. The van der Waals surface area contributed by atoms with E-state index >= 15 is 0 Å². The molecule has 30 heavy (non-hydrogen) atoms. The van der Waals surface area contributed by atoms with Gasteiger partial charge in [-0.05, 0) is 49.6 Å². The highest BCUT2D eigenvalue weighted by molar-refractivity contribution is 7.89. The lowest BCUT2D eigenvalue weighted by atomic mass is 9.99. The van der Waals surface area contributed by atoms with Crippen molar-refractivity contribution in [1.82, 2.24) is 9.62 Å². The largest absolute Gasteiger partial charge is 0.352 e. The third-order valence-corrected chi connectivity index (χ3v) is 7.94.